The summed E-state index contributed by atoms with van der Waals surface area (Å²) >= 11 is 0. The minimum absolute atomic E-state index is 0.0600. The van der Waals surface area contributed by atoms with Gasteiger partial charge in [-0.15, -0.1) is 0 Å². The number of para-hydroxylation sites is 1. The maximum absolute atomic E-state index is 12.4. The van der Waals surface area contributed by atoms with Crippen molar-refractivity contribution in [2.24, 2.45) is 5.73 Å². The van der Waals surface area contributed by atoms with Crippen LogP contribution in [-0.2, 0) is 4.79 Å². The Balaban J connectivity index is 2.20. The van der Waals surface area contributed by atoms with Crippen LogP contribution >= 0.6 is 0 Å². The second-order valence-corrected chi connectivity index (χ2v) is 4.71. The Morgan fingerprint density at radius 3 is 2.56 bits per heavy atom. The Morgan fingerprint density at radius 1 is 1.39 bits per heavy atom. The topological polar surface area (TPSA) is 70.1 Å². The quantitative estimate of drug-likeness (QED) is 0.876. The van der Waals surface area contributed by atoms with E-state index in [1.807, 2.05) is 30.3 Å². The fraction of sp³-hybridized carbons (Fsp3) is 0.429. The average Bonchev–Trinajstić information content (AvgIpc) is 2.37. The third-order valence-electron chi connectivity index (χ3n) is 3.43. The summed E-state index contributed by atoms with van der Waals surface area (Å²) in [5.41, 5.74) is 6.18. The molecule has 0 bridgehead atoms. The first-order chi connectivity index (χ1) is 8.67. The van der Waals surface area contributed by atoms with Crippen molar-refractivity contribution in [3.63, 3.8) is 0 Å². The number of amides is 1. The molecule has 0 radical (unpaired) electrons. The largest absolute Gasteiger partial charge is 0.317 e. The Kier molecular flexibility index (Phi) is 3.63. The van der Waals surface area contributed by atoms with Crippen molar-refractivity contribution in [2.45, 2.75) is 31.2 Å². The van der Waals surface area contributed by atoms with Crippen molar-refractivity contribution >= 4 is 11.6 Å². The summed E-state index contributed by atoms with van der Waals surface area (Å²) in [6.07, 6.45) is 2.79. The number of hydrogen-bond donors (Lipinski definition) is 1. The van der Waals surface area contributed by atoms with Crippen molar-refractivity contribution in [1.29, 1.82) is 5.26 Å². The highest BCUT2D eigenvalue weighted by molar-refractivity contribution is 6.00. The molecule has 2 rings (SSSR count). The summed E-state index contributed by atoms with van der Waals surface area (Å²) in [4.78, 5) is 14.1. The van der Waals surface area contributed by atoms with Gasteiger partial charge in [0.05, 0.1) is 18.0 Å². The molecule has 0 heterocycles. The van der Waals surface area contributed by atoms with Gasteiger partial charge >= 0.3 is 0 Å². The second-order valence-electron chi connectivity index (χ2n) is 4.71. The maximum Gasteiger partial charge on any atom is 0.247 e. The SMILES string of the molecule is N#CCCN(C(=O)C1(N)CCC1)c1ccccc1. The molecule has 4 heteroatoms. The zero-order valence-electron chi connectivity index (χ0n) is 10.3. The Bertz CT molecular complexity index is 460. The standard InChI is InChI=1S/C14H17N3O/c15-10-5-11-17(12-6-2-1-3-7-12)13(18)14(16)8-4-9-14/h1-3,6-7H,4-5,8-9,11,16H2. The molecule has 0 saturated heterocycles. The van der Waals surface area contributed by atoms with Gasteiger partial charge < -0.3 is 10.6 Å². The number of rotatable bonds is 4. The van der Waals surface area contributed by atoms with Crippen LogP contribution in [-0.4, -0.2) is 18.0 Å². The maximum atomic E-state index is 12.4. The highest BCUT2D eigenvalue weighted by Crippen LogP contribution is 2.32. The lowest BCUT2D eigenvalue weighted by Gasteiger charge is -2.40. The summed E-state index contributed by atoms with van der Waals surface area (Å²) in [6, 6.07) is 11.5. The lowest BCUT2D eigenvalue weighted by Crippen LogP contribution is -2.60. The predicted octanol–water partition coefficient (Wildman–Crippen LogP) is 1.81. The van der Waals surface area contributed by atoms with Crippen LogP contribution in [0.5, 0.6) is 0 Å². The molecular formula is C14H17N3O. The number of benzene rings is 1. The zero-order chi connectivity index (χ0) is 13.0. The molecule has 1 aliphatic rings. The Labute approximate surface area is 107 Å². The molecule has 0 aliphatic heterocycles. The predicted molar refractivity (Wildman–Crippen MR) is 69.8 cm³/mol. The van der Waals surface area contributed by atoms with E-state index in [-0.39, 0.29) is 5.91 Å². The average molecular weight is 243 g/mol. The lowest BCUT2D eigenvalue weighted by molar-refractivity contribution is -0.126. The van der Waals surface area contributed by atoms with Crippen LogP contribution < -0.4 is 10.6 Å². The molecule has 0 spiro atoms. The van der Waals surface area contributed by atoms with Crippen molar-refractivity contribution in [1.82, 2.24) is 0 Å². The van der Waals surface area contributed by atoms with Crippen molar-refractivity contribution in [3.05, 3.63) is 30.3 Å². The monoisotopic (exact) mass is 243 g/mol. The van der Waals surface area contributed by atoms with E-state index in [0.29, 0.717) is 13.0 Å². The van der Waals surface area contributed by atoms with Gasteiger partial charge in [-0.05, 0) is 31.4 Å². The number of nitrogens with zero attached hydrogens (tertiary/aromatic N) is 2. The molecule has 1 fully saturated rings. The van der Waals surface area contributed by atoms with Gasteiger partial charge in [0.15, 0.2) is 0 Å². The molecule has 0 atom stereocenters. The summed E-state index contributed by atoms with van der Waals surface area (Å²) in [6.45, 7) is 0.401. The van der Waals surface area contributed by atoms with Crippen molar-refractivity contribution in [2.75, 3.05) is 11.4 Å². The molecule has 1 aromatic carbocycles. The minimum Gasteiger partial charge on any atom is -0.317 e. The lowest BCUT2D eigenvalue weighted by atomic mass is 9.76. The number of carbonyl (C=O) groups is 1. The van der Waals surface area contributed by atoms with Crippen LogP contribution in [0.2, 0.25) is 0 Å². The van der Waals surface area contributed by atoms with Gasteiger partial charge in [-0.1, -0.05) is 18.2 Å². The van der Waals surface area contributed by atoms with E-state index >= 15 is 0 Å². The summed E-state index contributed by atoms with van der Waals surface area (Å²) in [5, 5.41) is 8.70. The molecule has 0 unspecified atom stereocenters. The minimum atomic E-state index is -0.717. The molecule has 94 valence electrons. The number of nitrogens with two attached hydrogens (primary N) is 1. The van der Waals surface area contributed by atoms with Crippen molar-refractivity contribution in [3.8, 4) is 6.07 Å². The van der Waals surface area contributed by atoms with Gasteiger partial charge in [0.1, 0.15) is 0 Å². The molecule has 2 N–H and O–H groups in total. The number of hydrogen-bond acceptors (Lipinski definition) is 3. The molecule has 1 aromatic rings. The molecule has 1 amide bonds. The van der Waals surface area contributed by atoms with Gasteiger partial charge in [0.2, 0.25) is 5.91 Å². The van der Waals surface area contributed by atoms with Crippen LogP contribution in [0.4, 0.5) is 5.69 Å². The van der Waals surface area contributed by atoms with Gasteiger partial charge in [-0.25, -0.2) is 0 Å². The molecule has 1 aliphatic carbocycles. The van der Waals surface area contributed by atoms with Crippen molar-refractivity contribution < 1.29 is 4.79 Å². The van der Waals surface area contributed by atoms with Crippen LogP contribution in [0.15, 0.2) is 30.3 Å². The van der Waals surface area contributed by atoms with E-state index in [9.17, 15) is 4.79 Å². The smallest absolute Gasteiger partial charge is 0.247 e. The highest BCUT2D eigenvalue weighted by atomic mass is 16.2. The van der Waals surface area contributed by atoms with Crippen LogP contribution in [0.3, 0.4) is 0 Å². The second kappa shape index (κ2) is 5.19. The number of anilines is 1. The fourth-order valence-electron chi connectivity index (χ4n) is 2.16. The van der Waals surface area contributed by atoms with E-state index in [4.69, 9.17) is 11.0 Å². The third kappa shape index (κ3) is 2.36. The normalized spacial score (nSPS) is 16.4. The molecule has 4 nitrogen and oxygen atoms in total. The first-order valence-electron chi connectivity index (χ1n) is 6.20. The van der Waals surface area contributed by atoms with E-state index in [2.05, 4.69) is 6.07 Å². The first-order valence-corrected chi connectivity index (χ1v) is 6.20. The van der Waals surface area contributed by atoms with Crippen LogP contribution in [0.25, 0.3) is 0 Å². The third-order valence-corrected chi connectivity index (χ3v) is 3.43. The molecule has 1 saturated carbocycles. The molecular weight excluding hydrogens is 226 g/mol. The Morgan fingerprint density at radius 2 is 2.06 bits per heavy atom. The molecule has 0 aromatic heterocycles. The fourth-order valence-corrected chi connectivity index (χ4v) is 2.16. The van der Waals surface area contributed by atoms with E-state index in [0.717, 1.165) is 24.9 Å². The first kappa shape index (κ1) is 12.6. The van der Waals surface area contributed by atoms with E-state index in [1.165, 1.54) is 0 Å². The van der Waals surface area contributed by atoms with Crippen LogP contribution in [0, 0.1) is 11.3 Å². The van der Waals surface area contributed by atoms with Crippen LogP contribution in [0.1, 0.15) is 25.7 Å². The Hall–Kier alpha value is -1.86. The molecule has 18 heavy (non-hydrogen) atoms. The van der Waals surface area contributed by atoms with Gasteiger partial charge in [-0.3, -0.25) is 4.79 Å². The summed E-state index contributed by atoms with van der Waals surface area (Å²) < 4.78 is 0. The van der Waals surface area contributed by atoms with Gasteiger partial charge in [-0.2, -0.15) is 5.26 Å². The highest BCUT2D eigenvalue weighted by Gasteiger charge is 2.42. The summed E-state index contributed by atoms with van der Waals surface area (Å²) in [5.74, 6) is -0.0600. The zero-order valence-corrected chi connectivity index (χ0v) is 10.3. The van der Waals surface area contributed by atoms with E-state index in [1.54, 1.807) is 4.90 Å². The summed E-state index contributed by atoms with van der Waals surface area (Å²) in [7, 11) is 0. The number of carbonyl (C=O) groups excluding carboxylic acids is 1. The van der Waals surface area contributed by atoms with E-state index < -0.39 is 5.54 Å². The van der Waals surface area contributed by atoms with Gasteiger partial charge in [0.25, 0.3) is 0 Å². The number of nitriles is 1. The van der Waals surface area contributed by atoms with Gasteiger partial charge in [0, 0.05) is 12.2 Å².